The van der Waals surface area contributed by atoms with Gasteiger partial charge in [-0.15, -0.1) is 0 Å². The van der Waals surface area contributed by atoms with Gasteiger partial charge in [-0.2, -0.15) is 0 Å². The summed E-state index contributed by atoms with van der Waals surface area (Å²) in [4.78, 5) is 16.3. The summed E-state index contributed by atoms with van der Waals surface area (Å²) in [7, 11) is -1.53. The molecule has 0 bridgehead atoms. The van der Waals surface area contributed by atoms with Gasteiger partial charge < -0.3 is 4.90 Å². The Bertz CT molecular complexity index is 695. The maximum Gasteiger partial charge on any atom is 0.240 e. The fourth-order valence-corrected chi connectivity index (χ4v) is 4.20. The van der Waals surface area contributed by atoms with E-state index in [1.807, 2.05) is 0 Å². The van der Waals surface area contributed by atoms with E-state index in [0.29, 0.717) is 18.0 Å². The van der Waals surface area contributed by atoms with Crippen LogP contribution in [0, 0.1) is 5.92 Å². The second-order valence-electron chi connectivity index (χ2n) is 7.09. The lowest BCUT2D eigenvalue weighted by Crippen LogP contribution is -2.54. The minimum Gasteiger partial charge on any atom is -0.304 e. The topological polar surface area (TPSA) is 69.7 Å². The molecule has 1 atom stereocenters. The standard InChI is InChI=1S/C18H29N3O3S/c1-14(2)18(21-10-8-20(4)9-11-21)13-19-25(23,24)17-7-5-6-16(12-17)15(3)22/h5-7,12,14,18-19H,8-11,13H2,1-4H3. The van der Waals surface area contributed by atoms with Crippen molar-refractivity contribution in [1.82, 2.24) is 14.5 Å². The van der Waals surface area contributed by atoms with Gasteiger partial charge in [-0.3, -0.25) is 9.69 Å². The lowest BCUT2D eigenvalue weighted by molar-refractivity contribution is 0.0905. The smallest absolute Gasteiger partial charge is 0.240 e. The molecular formula is C18H29N3O3S. The molecule has 1 N–H and O–H groups in total. The summed E-state index contributed by atoms with van der Waals surface area (Å²) in [5.41, 5.74) is 0.405. The van der Waals surface area contributed by atoms with Crippen LogP contribution in [0.15, 0.2) is 29.2 Å². The Morgan fingerprint density at radius 3 is 2.40 bits per heavy atom. The number of rotatable bonds is 7. The molecule has 1 unspecified atom stereocenters. The van der Waals surface area contributed by atoms with Crippen LogP contribution in [0.3, 0.4) is 0 Å². The van der Waals surface area contributed by atoms with Crippen molar-refractivity contribution in [3.05, 3.63) is 29.8 Å². The Morgan fingerprint density at radius 2 is 1.84 bits per heavy atom. The Kier molecular flexibility index (Phi) is 6.73. The van der Waals surface area contributed by atoms with Gasteiger partial charge in [-0.05, 0) is 32.0 Å². The van der Waals surface area contributed by atoms with E-state index in [1.54, 1.807) is 12.1 Å². The Morgan fingerprint density at radius 1 is 1.20 bits per heavy atom. The first kappa shape index (κ1) is 20.0. The molecule has 25 heavy (non-hydrogen) atoms. The lowest BCUT2D eigenvalue weighted by atomic mass is 10.0. The molecule has 2 rings (SSSR count). The molecule has 1 fully saturated rings. The highest BCUT2D eigenvalue weighted by Gasteiger charge is 2.26. The number of piperazine rings is 1. The second kappa shape index (κ2) is 8.40. The number of sulfonamides is 1. The van der Waals surface area contributed by atoms with Crippen LogP contribution in [0.1, 0.15) is 31.1 Å². The number of hydrogen-bond donors (Lipinski definition) is 1. The van der Waals surface area contributed by atoms with E-state index in [2.05, 4.69) is 35.4 Å². The lowest BCUT2D eigenvalue weighted by Gasteiger charge is -2.39. The zero-order valence-corrected chi connectivity index (χ0v) is 16.3. The highest BCUT2D eigenvalue weighted by molar-refractivity contribution is 7.89. The van der Waals surface area contributed by atoms with E-state index in [0.717, 1.165) is 26.2 Å². The van der Waals surface area contributed by atoms with Gasteiger partial charge in [0.05, 0.1) is 4.90 Å². The maximum absolute atomic E-state index is 12.6. The molecule has 0 amide bonds. The molecule has 0 aliphatic carbocycles. The molecule has 1 aromatic carbocycles. The third-order valence-corrected chi connectivity index (χ3v) is 6.23. The van der Waals surface area contributed by atoms with E-state index in [-0.39, 0.29) is 16.7 Å². The number of nitrogens with one attached hydrogen (secondary N) is 1. The maximum atomic E-state index is 12.6. The van der Waals surface area contributed by atoms with Crippen molar-refractivity contribution in [2.24, 2.45) is 5.92 Å². The highest BCUT2D eigenvalue weighted by Crippen LogP contribution is 2.16. The number of benzene rings is 1. The summed E-state index contributed by atoms with van der Waals surface area (Å²) >= 11 is 0. The van der Waals surface area contributed by atoms with E-state index < -0.39 is 10.0 Å². The van der Waals surface area contributed by atoms with Crippen molar-refractivity contribution in [1.29, 1.82) is 0 Å². The molecule has 0 aromatic heterocycles. The van der Waals surface area contributed by atoms with Crippen LogP contribution in [0.4, 0.5) is 0 Å². The average molecular weight is 368 g/mol. The van der Waals surface area contributed by atoms with Gasteiger partial charge in [-0.1, -0.05) is 26.0 Å². The predicted octanol–water partition coefficient (Wildman–Crippen LogP) is 1.44. The first-order valence-electron chi connectivity index (χ1n) is 8.74. The molecule has 1 aliphatic heterocycles. The van der Waals surface area contributed by atoms with Crippen molar-refractivity contribution < 1.29 is 13.2 Å². The summed E-state index contributed by atoms with van der Waals surface area (Å²) in [6, 6.07) is 6.34. The molecule has 1 heterocycles. The molecule has 0 saturated carbocycles. The van der Waals surface area contributed by atoms with Gasteiger partial charge in [0.15, 0.2) is 5.78 Å². The predicted molar refractivity (Wildman–Crippen MR) is 99.3 cm³/mol. The highest BCUT2D eigenvalue weighted by atomic mass is 32.2. The van der Waals surface area contributed by atoms with Gasteiger partial charge in [-0.25, -0.2) is 13.1 Å². The molecule has 1 saturated heterocycles. The van der Waals surface area contributed by atoms with E-state index in [9.17, 15) is 13.2 Å². The summed E-state index contributed by atoms with van der Waals surface area (Å²) in [6.07, 6.45) is 0. The van der Waals surface area contributed by atoms with Crippen LogP contribution in [-0.2, 0) is 10.0 Å². The SMILES string of the molecule is CC(=O)c1cccc(S(=O)(=O)NCC(C(C)C)N2CCN(C)CC2)c1. The van der Waals surface area contributed by atoms with Gasteiger partial charge in [0.25, 0.3) is 0 Å². The number of Topliss-reactive ketones (excluding diaryl/α,β-unsaturated/α-hetero) is 1. The van der Waals surface area contributed by atoms with Crippen molar-refractivity contribution in [2.45, 2.75) is 31.7 Å². The number of carbonyl (C=O) groups is 1. The molecule has 140 valence electrons. The van der Waals surface area contributed by atoms with E-state index in [1.165, 1.54) is 19.1 Å². The first-order chi connectivity index (χ1) is 11.7. The molecule has 6 nitrogen and oxygen atoms in total. The summed E-state index contributed by atoms with van der Waals surface area (Å²) in [5.74, 6) is 0.198. The number of nitrogens with zero attached hydrogens (tertiary/aromatic N) is 2. The summed E-state index contributed by atoms with van der Waals surface area (Å²) < 4.78 is 28.0. The fourth-order valence-electron chi connectivity index (χ4n) is 3.10. The van der Waals surface area contributed by atoms with E-state index >= 15 is 0 Å². The molecular weight excluding hydrogens is 338 g/mol. The molecule has 1 aromatic rings. The van der Waals surface area contributed by atoms with Crippen molar-refractivity contribution in [3.8, 4) is 0 Å². The summed E-state index contributed by atoms with van der Waals surface area (Å²) in [6.45, 7) is 9.92. The van der Waals surface area contributed by atoms with Crippen LogP contribution >= 0.6 is 0 Å². The van der Waals surface area contributed by atoms with Crippen LogP contribution in [0.25, 0.3) is 0 Å². The Hall–Kier alpha value is -1.28. The van der Waals surface area contributed by atoms with Crippen molar-refractivity contribution >= 4 is 15.8 Å². The molecule has 0 spiro atoms. The Balaban J connectivity index is 2.08. The number of carbonyl (C=O) groups excluding carboxylic acids is 1. The minimum atomic E-state index is -3.63. The molecule has 1 aliphatic rings. The zero-order chi connectivity index (χ0) is 18.6. The van der Waals surface area contributed by atoms with Crippen molar-refractivity contribution in [2.75, 3.05) is 39.8 Å². The molecule has 7 heteroatoms. The average Bonchev–Trinajstić information content (AvgIpc) is 2.56. The number of ketones is 1. The second-order valence-corrected chi connectivity index (χ2v) is 8.85. The van der Waals surface area contributed by atoms with Crippen molar-refractivity contribution in [3.63, 3.8) is 0 Å². The largest absolute Gasteiger partial charge is 0.304 e. The number of hydrogen-bond acceptors (Lipinski definition) is 5. The monoisotopic (exact) mass is 367 g/mol. The van der Waals surface area contributed by atoms with Gasteiger partial charge in [0.2, 0.25) is 10.0 Å². The van der Waals surface area contributed by atoms with Crippen LogP contribution in [-0.4, -0.2) is 69.8 Å². The third-order valence-electron chi connectivity index (χ3n) is 4.81. The van der Waals surface area contributed by atoms with Gasteiger partial charge >= 0.3 is 0 Å². The third kappa shape index (κ3) is 5.34. The van der Waals surface area contributed by atoms with Gasteiger partial charge in [0.1, 0.15) is 0 Å². The van der Waals surface area contributed by atoms with E-state index in [4.69, 9.17) is 0 Å². The Labute approximate surface area is 151 Å². The van der Waals surface area contributed by atoms with Crippen LogP contribution < -0.4 is 4.72 Å². The minimum absolute atomic E-state index is 0.140. The van der Waals surface area contributed by atoms with Crippen LogP contribution in [0.2, 0.25) is 0 Å². The summed E-state index contributed by atoms with van der Waals surface area (Å²) in [5, 5.41) is 0. The first-order valence-corrected chi connectivity index (χ1v) is 10.2. The fraction of sp³-hybridized carbons (Fsp3) is 0.611. The zero-order valence-electron chi connectivity index (χ0n) is 15.5. The van der Waals surface area contributed by atoms with Gasteiger partial charge in [0, 0.05) is 44.3 Å². The normalized spacial score (nSPS) is 18.4. The number of likely N-dealkylation sites (N-methyl/N-ethyl adjacent to an activating group) is 1. The molecule has 0 radical (unpaired) electrons. The van der Waals surface area contributed by atoms with Crippen LogP contribution in [0.5, 0.6) is 0 Å². The quantitative estimate of drug-likeness (QED) is 0.739.